The van der Waals surface area contributed by atoms with Crippen molar-refractivity contribution >= 4 is 23.5 Å². The van der Waals surface area contributed by atoms with E-state index in [9.17, 15) is 0 Å². The predicted molar refractivity (Wildman–Crippen MR) is 128 cm³/mol. The fourth-order valence-corrected chi connectivity index (χ4v) is 4.72. The molecule has 2 aromatic carbocycles. The summed E-state index contributed by atoms with van der Waals surface area (Å²) in [5.74, 6) is 3.57. The zero-order valence-electron chi connectivity index (χ0n) is 18.2. The van der Waals surface area contributed by atoms with Gasteiger partial charge in [0.15, 0.2) is 10.3 Å². The van der Waals surface area contributed by atoms with Crippen molar-refractivity contribution in [1.29, 1.82) is 0 Å². The van der Waals surface area contributed by atoms with Gasteiger partial charge >= 0.3 is 0 Å². The summed E-state index contributed by atoms with van der Waals surface area (Å²) in [5, 5.41) is 19.8. The van der Waals surface area contributed by atoms with Crippen LogP contribution in [0.5, 0.6) is 0 Å². The fraction of sp³-hybridized carbons (Fsp3) is 0.304. The predicted octanol–water partition coefficient (Wildman–Crippen LogP) is 5.28. The van der Waals surface area contributed by atoms with E-state index in [1.165, 1.54) is 11.1 Å². The van der Waals surface area contributed by atoms with Gasteiger partial charge in [0, 0.05) is 11.4 Å². The molecular formula is C23H26N6S2. The van der Waals surface area contributed by atoms with E-state index in [1.807, 2.05) is 0 Å². The molecule has 0 aliphatic carbocycles. The van der Waals surface area contributed by atoms with Crippen molar-refractivity contribution in [2.75, 3.05) is 11.5 Å². The molecule has 0 atom stereocenters. The van der Waals surface area contributed by atoms with Gasteiger partial charge in [-0.25, -0.2) is 0 Å². The van der Waals surface area contributed by atoms with Gasteiger partial charge in [-0.2, -0.15) is 0 Å². The molecule has 0 amide bonds. The first-order valence-electron chi connectivity index (χ1n) is 10.4. The lowest BCUT2D eigenvalue weighted by molar-refractivity contribution is 0.791. The van der Waals surface area contributed by atoms with Gasteiger partial charge in [0.2, 0.25) is 0 Å². The van der Waals surface area contributed by atoms with Crippen LogP contribution in [0.3, 0.4) is 0 Å². The normalized spacial score (nSPS) is 11.2. The lowest BCUT2D eigenvalue weighted by Gasteiger charge is -2.12. The van der Waals surface area contributed by atoms with Gasteiger partial charge in [-0.3, -0.25) is 9.13 Å². The second kappa shape index (κ2) is 9.70. The molecule has 2 heterocycles. The Labute approximate surface area is 191 Å². The number of benzene rings is 2. The molecule has 0 saturated heterocycles. The Morgan fingerprint density at radius 3 is 1.35 bits per heavy atom. The lowest BCUT2D eigenvalue weighted by Crippen LogP contribution is -2.09. The van der Waals surface area contributed by atoms with E-state index in [2.05, 4.69) is 106 Å². The van der Waals surface area contributed by atoms with Gasteiger partial charge in [-0.05, 0) is 49.6 Å². The number of rotatable bonds is 8. The summed E-state index contributed by atoms with van der Waals surface area (Å²) in [7, 11) is 0. The molecule has 160 valence electrons. The molecule has 0 aliphatic rings. The summed E-state index contributed by atoms with van der Waals surface area (Å²) < 4.78 is 4.27. The van der Waals surface area contributed by atoms with Gasteiger partial charge in [-0.15, -0.1) is 20.4 Å². The van der Waals surface area contributed by atoms with Crippen molar-refractivity contribution in [3.63, 3.8) is 0 Å². The second-order valence-corrected chi connectivity index (χ2v) is 9.64. The van der Waals surface area contributed by atoms with Crippen LogP contribution in [0.25, 0.3) is 11.4 Å². The summed E-state index contributed by atoms with van der Waals surface area (Å²) in [6.07, 6.45) is 0.538. The molecule has 0 aliphatic heterocycles. The molecule has 0 bridgehead atoms. The monoisotopic (exact) mass is 450 g/mol. The third-order valence-corrected chi connectivity index (χ3v) is 6.47. The topological polar surface area (TPSA) is 61.4 Å². The van der Waals surface area contributed by atoms with Crippen molar-refractivity contribution in [2.24, 2.45) is 0 Å². The highest BCUT2D eigenvalue weighted by molar-refractivity contribution is 7.99. The zero-order valence-corrected chi connectivity index (χ0v) is 19.9. The Morgan fingerprint density at radius 1 is 0.613 bits per heavy atom. The van der Waals surface area contributed by atoms with Crippen molar-refractivity contribution < 1.29 is 0 Å². The molecular weight excluding hydrogens is 424 g/mol. The molecule has 2 aromatic heterocycles. The molecule has 0 spiro atoms. The SMILES string of the molecule is CCSc1nnc(Cc2nnc(SCC)n2-c2ccc(C)cc2)n1-c1ccc(C)cc1. The van der Waals surface area contributed by atoms with Gasteiger partial charge < -0.3 is 0 Å². The maximum Gasteiger partial charge on any atom is 0.195 e. The fourth-order valence-electron chi connectivity index (χ4n) is 3.32. The van der Waals surface area contributed by atoms with Crippen LogP contribution in [-0.4, -0.2) is 41.0 Å². The van der Waals surface area contributed by atoms with E-state index in [0.717, 1.165) is 44.8 Å². The number of hydrogen-bond acceptors (Lipinski definition) is 6. The summed E-state index contributed by atoms with van der Waals surface area (Å²) in [6.45, 7) is 8.44. The Balaban J connectivity index is 1.78. The average molecular weight is 451 g/mol. The van der Waals surface area contributed by atoms with Gasteiger partial charge in [0.1, 0.15) is 11.6 Å². The third-order valence-electron chi connectivity index (χ3n) is 4.85. The number of nitrogens with zero attached hydrogens (tertiary/aromatic N) is 6. The van der Waals surface area contributed by atoms with Gasteiger partial charge in [0.05, 0.1) is 6.42 Å². The van der Waals surface area contributed by atoms with Gasteiger partial charge in [-0.1, -0.05) is 72.8 Å². The standard InChI is InChI=1S/C23H26N6S2/c1-5-30-22-26-24-20(28(22)18-11-7-16(3)8-12-18)15-21-25-27-23(31-6-2)29(21)19-13-9-17(4)10-14-19/h7-14H,5-6,15H2,1-4H3. The van der Waals surface area contributed by atoms with Crippen LogP contribution >= 0.6 is 23.5 Å². The highest BCUT2D eigenvalue weighted by Gasteiger charge is 2.20. The first-order valence-corrected chi connectivity index (χ1v) is 12.4. The lowest BCUT2D eigenvalue weighted by atomic mass is 10.2. The van der Waals surface area contributed by atoms with Crippen LogP contribution in [0.2, 0.25) is 0 Å². The highest BCUT2D eigenvalue weighted by atomic mass is 32.2. The van der Waals surface area contributed by atoms with Crippen LogP contribution in [0.1, 0.15) is 36.6 Å². The van der Waals surface area contributed by atoms with Crippen LogP contribution in [0.4, 0.5) is 0 Å². The summed E-state index contributed by atoms with van der Waals surface area (Å²) in [4.78, 5) is 0. The van der Waals surface area contributed by atoms with Crippen molar-refractivity contribution in [2.45, 2.75) is 44.4 Å². The maximum absolute atomic E-state index is 4.54. The molecule has 0 fully saturated rings. The minimum Gasteiger partial charge on any atom is -0.274 e. The van der Waals surface area contributed by atoms with Crippen LogP contribution in [0, 0.1) is 13.8 Å². The molecule has 0 radical (unpaired) electrons. The molecule has 6 nitrogen and oxygen atoms in total. The Hall–Kier alpha value is -2.58. The van der Waals surface area contributed by atoms with E-state index < -0.39 is 0 Å². The summed E-state index contributed by atoms with van der Waals surface area (Å²) >= 11 is 3.38. The van der Waals surface area contributed by atoms with Crippen LogP contribution in [0.15, 0.2) is 58.8 Å². The highest BCUT2D eigenvalue weighted by Crippen LogP contribution is 2.26. The average Bonchev–Trinajstić information content (AvgIpc) is 3.34. The first-order chi connectivity index (χ1) is 15.1. The minimum atomic E-state index is 0.538. The summed E-state index contributed by atoms with van der Waals surface area (Å²) in [5.41, 5.74) is 4.57. The Kier molecular flexibility index (Phi) is 6.77. The summed E-state index contributed by atoms with van der Waals surface area (Å²) in [6, 6.07) is 16.9. The Morgan fingerprint density at radius 2 is 1.00 bits per heavy atom. The van der Waals surface area contributed by atoms with Crippen molar-refractivity contribution in [1.82, 2.24) is 29.5 Å². The van der Waals surface area contributed by atoms with E-state index in [4.69, 9.17) is 0 Å². The van der Waals surface area contributed by atoms with E-state index in [1.54, 1.807) is 23.5 Å². The molecule has 4 rings (SSSR count). The van der Waals surface area contributed by atoms with E-state index in [-0.39, 0.29) is 0 Å². The van der Waals surface area contributed by atoms with Crippen molar-refractivity contribution in [3.05, 3.63) is 71.3 Å². The largest absolute Gasteiger partial charge is 0.274 e. The number of aromatic nitrogens is 6. The Bertz CT molecular complexity index is 1050. The molecule has 0 saturated carbocycles. The molecule has 4 aromatic rings. The molecule has 31 heavy (non-hydrogen) atoms. The number of aryl methyl sites for hydroxylation is 2. The van der Waals surface area contributed by atoms with E-state index >= 15 is 0 Å². The number of hydrogen-bond donors (Lipinski definition) is 0. The molecule has 0 unspecified atom stereocenters. The van der Waals surface area contributed by atoms with Crippen molar-refractivity contribution in [3.8, 4) is 11.4 Å². The molecule has 0 N–H and O–H groups in total. The maximum atomic E-state index is 4.54. The van der Waals surface area contributed by atoms with Crippen LogP contribution < -0.4 is 0 Å². The third kappa shape index (κ3) is 4.70. The first kappa shape index (κ1) is 21.6. The second-order valence-electron chi connectivity index (χ2n) is 7.18. The van der Waals surface area contributed by atoms with Gasteiger partial charge in [0.25, 0.3) is 0 Å². The zero-order chi connectivity index (χ0) is 21.8. The minimum absolute atomic E-state index is 0.538. The number of thioether (sulfide) groups is 2. The van der Waals surface area contributed by atoms with Crippen LogP contribution in [-0.2, 0) is 6.42 Å². The smallest absolute Gasteiger partial charge is 0.195 e. The molecule has 8 heteroatoms. The quantitative estimate of drug-likeness (QED) is 0.340. The van der Waals surface area contributed by atoms with E-state index in [0.29, 0.717) is 6.42 Å².